The number of hydrogen-bond donors (Lipinski definition) is 0. The summed E-state index contributed by atoms with van der Waals surface area (Å²) in [5, 5.41) is 7.94. The van der Waals surface area contributed by atoms with Crippen molar-refractivity contribution in [1.82, 2.24) is 4.90 Å². The molecule has 0 aliphatic carbocycles. The van der Waals surface area contributed by atoms with E-state index in [4.69, 9.17) is 12.6 Å². The van der Waals surface area contributed by atoms with Crippen molar-refractivity contribution in [1.29, 1.82) is 0 Å². The monoisotopic (exact) mass is 471 g/mol. The molecule has 0 atom stereocenters. The molecular formula is C22H43N3SZr. The second-order valence-electron chi connectivity index (χ2n) is 6.36. The molecule has 1 aliphatic heterocycles. The molecule has 0 radical (unpaired) electrons. The van der Waals surface area contributed by atoms with Gasteiger partial charge in [-0.2, -0.15) is 49.1 Å². The van der Waals surface area contributed by atoms with Crippen molar-refractivity contribution in [3.05, 3.63) is 39.5 Å². The molecule has 2 rings (SSSR count). The maximum Gasteiger partial charge on any atom is 4.00 e. The largest absolute Gasteiger partial charge is 4.00 e. The minimum absolute atomic E-state index is 0. The standard InChI is InChI=1S/C8H11.C6H13NS.2C4H10N.Zr/c1-6-4-7(2)8(3)5-6;8-6-5-7-3-1-2-4-7;2*1-3-5-4-2;/h4-5H,1-3H3;8H,1-6H2;2*3-4H2,1-2H3;/q-1;;2*-1;+4/p-1. The molecule has 1 fully saturated rings. The van der Waals surface area contributed by atoms with Crippen LogP contribution in [0.5, 0.6) is 0 Å². The van der Waals surface area contributed by atoms with Crippen LogP contribution in [0.15, 0.2) is 12.1 Å². The number of aryl methyl sites for hydroxylation is 3. The maximum absolute atomic E-state index is 4.85. The third kappa shape index (κ3) is 22.6. The van der Waals surface area contributed by atoms with E-state index in [1.165, 1.54) is 42.6 Å². The molecule has 0 bridgehead atoms. The van der Waals surface area contributed by atoms with Crippen LogP contribution in [-0.2, 0) is 38.8 Å². The zero-order valence-corrected chi connectivity index (χ0v) is 22.3. The molecule has 0 spiro atoms. The number of likely N-dealkylation sites (tertiary alicyclic amines) is 1. The Labute approximate surface area is 195 Å². The summed E-state index contributed by atoms with van der Waals surface area (Å²) in [4.78, 5) is 2.44. The first-order chi connectivity index (χ1) is 12.5. The van der Waals surface area contributed by atoms with E-state index in [2.05, 4.69) is 48.4 Å². The molecule has 0 saturated carbocycles. The van der Waals surface area contributed by atoms with Crippen LogP contribution in [0.3, 0.4) is 0 Å². The Kier molecular flexibility index (Phi) is 29.2. The third-order valence-electron chi connectivity index (χ3n) is 4.01. The fraction of sp³-hybridized carbons (Fsp3) is 0.773. The molecule has 1 saturated heterocycles. The quantitative estimate of drug-likeness (QED) is 0.389. The van der Waals surface area contributed by atoms with Crippen molar-refractivity contribution in [3.8, 4) is 0 Å². The smallest absolute Gasteiger partial charge is 0.791 e. The first kappa shape index (κ1) is 32.1. The van der Waals surface area contributed by atoms with Gasteiger partial charge < -0.3 is 28.2 Å². The second-order valence-corrected chi connectivity index (χ2v) is 6.77. The van der Waals surface area contributed by atoms with Gasteiger partial charge in [0.2, 0.25) is 0 Å². The molecule has 1 aliphatic rings. The van der Waals surface area contributed by atoms with E-state index in [0.29, 0.717) is 0 Å². The summed E-state index contributed by atoms with van der Waals surface area (Å²) in [6.07, 6.45) is 2.77. The van der Waals surface area contributed by atoms with Gasteiger partial charge in [0.15, 0.2) is 0 Å². The van der Waals surface area contributed by atoms with Gasteiger partial charge in [-0.3, -0.25) is 0 Å². The average Bonchev–Trinajstić information content (AvgIpc) is 3.21. The number of rotatable bonds is 6. The third-order valence-corrected chi connectivity index (χ3v) is 4.19. The minimum atomic E-state index is 0. The number of hydrogen-bond acceptors (Lipinski definition) is 2. The summed E-state index contributed by atoms with van der Waals surface area (Å²) in [5.74, 6) is 0.903. The summed E-state index contributed by atoms with van der Waals surface area (Å²) >= 11 is 4.85. The van der Waals surface area contributed by atoms with E-state index in [1.54, 1.807) is 0 Å². The van der Waals surface area contributed by atoms with Crippen LogP contribution < -0.4 is 0 Å². The van der Waals surface area contributed by atoms with Crippen molar-refractivity contribution in [2.45, 2.75) is 61.3 Å². The van der Waals surface area contributed by atoms with Crippen molar-refractivity contribution in [2.75, 3.05) is 51.6 Å². The zero-order chi connectivity index (χ0) is 20.2. The SMILES string of the molecule is CC[N-]CC.CC[N-]CC.Cc1cc(C)[c-](C)c1.[S-]CCN1CCCC1.[Zr+4]. The Morgan fingerprint density at radius 3 is 1.59 bits per heavy atom. The van der Waals surface area contributed by atoms with Crippen molar-refractivity contribution < 1.29 is 26.2 Å². The first-order valence-corrected chi connectivity index (χ1v) is 10.8. The van der Waals surface area contributed by atoms with Gasteiger partial charge in [0.25, 0.3) is 0 Å². The normalized spacial score (nSPS) is 12.6. The molecule has 27 heavy (non-hydrogen) atoms. The van der Waals surface area contributed by atoms with Crippen LogP contribution in [-0.4, -0.2) is 56.5 Å². The van der Waals surface area contributed by atoms with E-state index < -0.39 is 0 Å². The Hall–Kier alpha value is 0.463. The fourth-order valence-corrected chi connectivity index (χ4v) is 2.79. The van der Waals surface area contributed by atoms with Crippen molar-refractivity contribution in [2.24, 2.45) is 0 Å². The van der Waals surface area contributed by atoms with Gasteiger partial charge in [0, 0.05) is 0 Å². The Morgan fingerprint density at radius 1 is 0.963 bits per heavy atom. The van der Waals surface area contributed by atoms with Gasteiger partial charge in [-0.25, -0.2) is 11.6 Å². The number of nitrogens with zero attached hydrogens (tertiary/aromatic N) is 3. The predicted molar refractivity (Wildman–Crippen MR) is 123 cm³/mol. The van der Waals surface area contributed by atoms with Crippen LogP contribution in [0.1, 0.15) is 57.2 Å². The molecular weight excluding hydrogens is 430 g/mol. The van der Waals surface area contributed by atoms with Gasteiger partial charge >= 0.3 is 26.2 Å². The van der Waals surface area contributed by atoms with Gasteiger partial charge in [-0.15, -0.1) is 0 Å². The van der Waals surface area contributed by atoms with Gasteiger partial charge in [0.05, 0.1) is 0 Å². The van der Waals surface area contributed by atoms with Crippen LogP contribution in [0.2, 0.25) is 0 Å². The Morgan fingerprint density at radius 2 is 1.41 bits per heavy atom. The molecule has 0 N–H and O–H groups in total. The minimum Gasteiger partial charge on any atom is -0.791 e. The van der Waals surface area contributed by atoms with E-state index in [1.807, 2.05) is 27.7 Å². The molecule has 1 aromatic carbocycles. The molecule has 0 unspecified atom stereocenters. The summed E-state index contributed by atoms with van der Waals surface area (Å²) in [6, 6.07) is 4.41. The van der Waals surface area contributed by atoms with E-state index in [-0.39, 0.29) is 26.2 Å². The maximum atomic E-state index is 4.85. The van der Waals surface area contributed by atoms with E-state index in [9.17, 15) is 0 Å². The summed E-state index contributed by atoms with van der Waals surface area (Å²) in [7, 11) is 0. The molecule has 0 aromatic heterocycles. The Balaban J connectivity index is -0.000000289. The summed E-state index contributed by atoms with van der Waals surface area (Å²) < 4.78 is 0. The van der Waals surface area contributed by atoms with Crippen LogP contribution in [0.4, 0.5) is 0 Å². The van der Waals surface area contributed by atoms with E-state index >= 15 is 0 Å². The molecule has 3 nitrogen and oxygen atoms in total. The van der Waals surface area contributed by atoms with Gasteiger partial charge in [-0.1, -0.05) is 48.5 Å². The van der Waals surface area contributed by atoms with Crippen molar-refractivity contribution in [3.63, 3.8) is 0 Å². The van der Waals surface area contributed by atoms with Crippen LogP contribution >= 0.6 is 0 Å². The molecule has 1 heterocycles. The van der Waals surface area contributed by atoms with E-state index in [0.717, 1.165) is 38.5 Å². The molecule has 156 valence electrons. The predicted octanol–water partition coefficient (Wildman–Crippen LogP) is 5.76. The van der Waals surface area contributed by atoms with Crippen molar-refractivity contribution >= 4 is 12.6 Å². The molecule has 0 amide bonds. The van der Waals surface area contributed by atoms with Crippen LogP contribution in [0, 0.1) is 20.8 Å². The first-order valence-electron chi connectivity index (χ1n) is 10.2. The molecule has 1 aromatic rings. The topological polar surface area (TPSA) is 31.4 Å². The summed E-state index contributed by atoms with van der Waals surface area (Å²) in [6.45, 7) is 22.2. The van der Waals surface area contributed by atoms with Gasteiger partial charge in [-0.05, 0) is 32.5 Å². The van der Waals surface area contributed by atoms with Gasteiger partial charge in [0.1, 0.15) is 0 Å². The molecule has 5 heteroatoms. The summed E-state index contributed by atoms with van der Waals surface area (Å²) in [5.41, 5.74) is 4.19. The average molecular weight is 473 g/mol. The van der Waals surface area contributed by atoms with Crippen LogP contribution in [0.25, 0.3) is 10.6 Å². The fourth-order valence-electron chi connectivity index (χ4n) is 2.53. The second kappa shape index (κ2) is 24.5. The Bertz CT molecular complexity index is 361. The zero-order valence-electron chi connectivity index (χ0n) is 19.0.